The van der Waals surface area contributed by atoms with E-state index in [2.05, 4.69) is 4.72 Å². The monoisotopic (exact) mass is 306 g/mol. The van der Waals surface area contributed by atoms with Gasteiger partial charge >= 0.3 is 0 Å². The van der Waals surface area contributed by atoms with Crippen LogP contribution in [0.2, 0.25) is 5.02 Å². The van der Waals surface area contributed by atoms with Crippen molar-refractivity contribution in [3.05, 3.63) is 23.2 Å². The van der Waals surface area contributed by atoms with E-state index in [0.29, 0.717) is 25.5 Å². The van der Waals surface area contributed by atoms with Crippen LogP contribution in [-0.2, 0) is 19.5 Å². The number of hydrogen-bond donors (Lipinski definition) is 2. The first-order valence-corrected chi connectivity index (χ1v) is 7.59. The Morgan fingerprint density at radius 1 is 1.42 bits per heavy atom. The maximum Gasteiger partial charge on any atom is 0.242 e. The molecular formula is C11H15ClN2O4S. The zero-order valence-electron chi connectivity index (χ0n) is 10.1. The van der Waals surface area contributed by atoms with Crippen molar-refractivity contribution in [2.45, 2.75) is 11.0 Å². The summed E-state index contributed by atoms with van der Waals surface area (Å²) in [4.78, 5) is 0.0000875. The summed E-state index contributed by atoms with van der Waals surface area (Å²) in [7, 11) is -3.68. The third kappa shape index (κ3) is 3.80. The van der Waals surface area contributed by atoms with Gasteiger partial charge in [0.2, 0.25) is 10.0 Å². The third-order valence-electron chi connectivity index (χ3n) is 2.63. The minimum atomic E-state index is -3.68. The summed E-state index contributed by atoms with van der Waals surface area (Å²) in [5, 5.41) is 0.0910. The zero-order valence-corrected chi connectivity index (χ0v) is 11.7. The molecule has 1 atom stereocenters. The van der Waals surface area contributed by atoms with Crippen LogP contribution in [-0.4, -0.2) is 40.9 Å². The minimum absolute atomic E-state index is 0.0000875. The Kier molecular flexibility index (Phi) is 4.64. The predicted molar refractivity (Wildman–Crippen MR) is 71.6 cm³/mol. The quantitative estimate of drug-likeness (QED) is 0.796. The van der Waals surface area contributed by atoms with Gasteiger partial charge in [-0.3, -0.25) is 0 Å². The van der Waals surface area contributed by atoms with E-state index < -0.39 is 10.0 Å². The van der Waals surface area contributed by atoms with Crippen LogP contribution in [0.5, 0.6) is 0 Å². The first-order chi connectivity index (χ1) is 8.99. The van der Waals surface area contributed by atoms with Gasteiger partial charge in [-0.05, 0) is 18.2 Å². The van der Waals surface area contributed by atoms with Crippen molar-refractivity contribution in [1.29, 1.82) is 0 Å². The predicted octanol–water partition coefficient (Wildman–Crippen LogP) is 0.616. The van der Waals surface area contributed by atoms with Gasteiger partial charge in [0, 0.05) is 12.2 Å². The summed E-state index contributed by atoms with van der Waals surface area (Å²) in [5.74, 6) is 0. The molecule has 1 fully saturated rings. The number of hydrogen-bond acceptors (Lipinski definition) is 5. The van der Waals surface area contributed by atoms with Crippen molar-refractivity contribution in [1.82, 2.24) is 4.72 Å². The number of nitrogen functional groups attached to an aromatic ring is 1. The second-order valence-corrected chi connectivity index (χ2v) is 6.25. The number of halogens is 1. The van der Waals surface area contributed by atoms with Crippen molar-refractivity contribution < 1.29 is 17.9 Å². The van der Waals surface area contributed by atoms with E-state index in [1.807, 2.05) is 0 Å². The molecule has 0 radical (unpaired) electrons. The highest BCUT2D eigenvalue weighted by molar-refractivity contribution is 7.89. The number of sulfonamides is 1. The van der Waals surface area contributed by atoms with E-state index >= 15 is 0 Å². The highest BCUT2D eigenvalue weighted by Gasteiger charge is 2.21. The van der Waals surface area contributed by atoms with Gasteiger partial charge in [0.1, 0.15) is 4.90 Å². The second-order valence-electron chi connectivity index (χ2n) is 4.11. The molecule has 3 N–H and O–H groups in total. The largest absolute Gasteiger partial charge is 0.399 e. The number of rotatable bonds is 4. The van der Waals surface area contributed by atoms with Crippen LogP contribution in [0.15, 0.2) is 23.1 Å². The highest BCUT2D eigenvalue weighted by Crippen LogP contribution is 2.23. The van der Waals surface area contributed by atoms with Crippen LogP contribution >= 0.6 is 11.6 Å². The Hall–Kier alpha value is -0.860. The summed E-state index contributed by atoms with van der Waals surface area (Å²) in [5.41, 5.74) is 5.94. The van der Waals surface area contributed by atoms with E-state index in [9.17, 15) is 8.42 Å². The normalized spacial score (nSPS) is 20.4. The van der Waals surface area contributed by atoms with Gasteiger partial charge in [0.05, 0.1) is 30.9 Å². The molecule has 1 aliphatic rings. The molecular weight excluding hydrogens is 292 g/mol. The Bertz CT molecular complexity index is 544. The van der Waals surface area contributed by atoms with Gasteiger partial charge in [-0.25, -0.2) is 13.1 Å². The lowest BCUT2D eigenvalue weighted by Crippen LogP contribution is -2.39. The van der Waals surface area contributed by atoms with Gasteiger partial charge in [0.25, 0.3) is 0 Å². The third-order valence-corrected chi connectivity index (χ3v) is 4.54. The Balaban J connectivity index is 2.05. The van der Waals surface area contributed by atoms with Crippen LogP contribution in [0.1, 0.15) is 0 Å². The SMILES string of the molecule is Nc1ccc(S(=O)(=O)NCC2COCCO2)c(Cl)c1. The number of ether oxygens (including phenoxy) is 2. The molecule has 1 aromatic carbocycles. The Labute approximate surface area is 116 Å². The van der Waals surface area contributed by atoms with Crippen molar-refractivity contribution in [3.63, 3.8) is 0 Å². The molecule has 1 aliphatic heterocycles. The topological polar surface area (TPSA) is 90.7 Å². The summed E-state index contributed by atoms with van der Waals surface area (Å²) in [6.45, 7) is 1.52. The standard InChI is InChI=1S/C11H15ClN2O4S/c12-10-5-8(13)1-2-11(10)19(15,16)14-6-9-7-17-3-4-18-9/h1-2,5,9,14H,3-4,6-7,13H2. The van der Waals surface area contributed by atoms with Gasteiger partial charge in [-0.1, -0.05) is 11.6 Å². The maximum absolute atomic E-state index is 12.1. The van der Waals surface area contributed by atoms with E-state index in [0.717, 1.165) is 0 Å². The molecule has 0 bridgehead atoms. The van der Waals surface area contributed by atoms with E-state index in [1.54, 1.807) is 0 Å². The highest BCUT2D eigenvalue weighted by atomic mass is 35.5. The number of benzene rings is 1. The lowest BCUT2D eigenvalue weighted by atomic mass is 10.3. The van der Waals surface area contributed by atoms with Crippen molar-refractivity contribution in [2.75, 3.05) is 32.1 Å². The molecule has 1 aromatic rings. The summed E-state index contributed by atoms with van der Waals surface area (Å²) >= 11 is 5.88. The van der Waals surface area contributed by atoms with Crippen LogP contribution < -0.4 is 10.5 Å². The smallest absolute Gasteiger partial charge is 0.242 e. The van der Waals surface area contributed by atoms with Crippen molar-refractivity contribution in [3.8, 4) is 0 Å². The molecule has 0 aromatic heterocycles. The Morgan fingerprint density at radius 2 is 2.21 bits per heavy atom. The maximum atomic E-state index is 12.1. The Morgan fingerprint density at radius 3 is 2.84 bits per heavy atom. The average molecular weight is 307 g/mol. The molecule has 0 saturated carbocycles. The van der Waals surface area contributed by atoms with E-state index in [-0.39, 0.29) is 22.6 Å². The average Bonchev–Trinajstić information content (AvgIpc) is 2.37. The lowest BCUT2D eigenvalue weighted by Gasteiger charge is -2.23. The molecule has 2 rings (SSSR count). The van der Waals surface area contributed by atoms with Gasteiger partial charge in [-0.2, -0.15) is 0 Å². The van der Waals surface area contributed by atoms with Crippen molar-refractivity contribution in [2.24, 2.45) is 0 Å². The van der Waals surface area contributed by atoms with Gasteiger partial charge in [0.15, 0.2) is 0 Å². The van der Waals surface area contributed by atoms with Crippen LogP contribution in [0, 0.1) is 0 Å². The molecule has 0 spiro atoms. The number of nitrogens with one attached hydrogen (secondary N) is 1. The zero-order chi connectivity index (χ0) is 13.9. The fourth-order valence-corrected chi connectivity index (χ4v) is 3.29. The molecule has 106 valence electrons. The minimum Gasteiger partial charge on any atom is -0.399 e. The molecule has 0 amide bonds. The first-order valence-electron chi connectivity index (χ1n) is 5.73. The van der Waals surface area contributed by atoms with Gasteiger partial charge in [-0.15, -0.1) is 0 Å². The molecule has 1 saturated heterocycles. The fraction of sp³-hybridized carbons (Fsp3) is 0.455. The molecule has 6 nitrogen and oxygen atoms in total. The van der Waals surface area contributed by atoms with E-state index in [1.165, 1.54) is 18.2 Å². The van der Waals surface area contributed by atoms with Crippen molar-refractivity contribution >= 4 is 27.3 Å². The van der Waals surface area contributed by atoms with Crippen LogP contribution in [0.4, 0.5) is 5.69 Å². The number of anilines is 1. The summed E-state index contributed by atoms with van der Waals surface area (Å²) in [6, 6.07) is 4.26. The number of nitrogens with two attached hydrogens (primary N) is 1. The molecule has 1 unspecified atom stereocenters. The summed E-state index contributed by atoms with van der Waals surface area (Å²) < 4.78 is 37.1. The van der Waals surface area contributed by atoms with Gasteiger partial charge < -0.3 is 15.2 Å². The summed E-state index contributed by atoms with van der Waals surface area (Å²) in [6.07, 6.45) is -0.281. The van der Waals surface area contributed by atoms with Crippen LogP contribution in [0.25, 0.3) is 0 Å². The first kappa shape index (κ1) is 14.5. The lowest BCUT2D eigenvalue weighted by molar-refractivity contribution is -0.0846. The molecule has 8 heteroatoms. The van der Waals surface area contributed by atoms with E-state index in [4.69, 9.17) is 26.8 Å². The second kappa shape index (κ2) is 6.06. The fourth-order valence-electron chi connectivity index (χ4n) is 1.67. The molecule has 1 heterocycles. The molecule has 0 aliphatic carbocycles. The molecule has 19 heavy (non-hydrogen) atoms. The van der Waals surface area contributed by atoms with Crippen LogP contribution in [0.3, 0.4) is 0 Å².